The minimum atomic E-state index is -3.83. The molecule has 96 valence electrons. The van der Waals surface area contributed by atoms with E-state index >= 15 is 0 Å². The van der Waals surface area contributed by atoms with Crippen LogP contribution in [-0.4, -0.2) is 20.0 Å². The van der Waals surface area contributed by atoms with Crippen LogP contribution in [-0.2, 0) is 10.0 Å². The smallest absolute Gasteiger partial charge is 0.329 e. The Morgan fingerprint density at radius 2 is 2.00 bits per heavy atom. The Hall–Kier alpha value is -1.28. The monoisotopic (exact) mass is 277 g/mol. The van der Waals surface area contributed by atoms with Gasteiger partial charge in [0.25, 0.3) is 10.0 Å². The number of thiophene rings is 1. The van der Waals surface area contributed by atoms with Crippen LogP contribution in [0.5, 0.6) is 0 Å². The molecule has 0 unspecified atom stereocenters. The summed E-state index contributed by atoms with van der Waals surface area (Å²) in [6.45, 7) is 5.26. The largest absolute Gasteiger partial charge is 0.398 e. The van der Waals surface area contributed by atoms with E-state index in [1.807, 2.05) is 4.72 Å². The average Bonchev–Trinajstić information content (AvgIpc) is 2.46. The molecule has 1 aromatic heterocycles. The topological polar surface area (TPSA) is 101 Å². The van der Waals surface area contributed by atoms with Gasteiger partial charge in [0.1, 0.15) is 4.21 Å². The number of sulfonamides is 1. The highest BCUT2D eigenvalue weighted by atomic mass is 32.2. The summed E-state index contributed by atoms with van der Waals surface area (Å²) in [5, 5.41) is 3.99. The van der Waals surface area contributed by atoms with Gasteiger partial charge in [-0.25, -0.2) is 17.9 Å². The molecular formula is C9H15N3O3S2. The lowest BCUT2D eigenvalue weighted by Gasteiger charge is -2.20. The lowest BCUT2D eigenvalue weighted by Crippen LogP contribution is -2.48. The quantitative estimate of drug-likeness (QED) is 0.753. The van der Waals surface area contributed by atoms with Gasteiger partial charge in [-0.3, -0.25) is 0 Å². The van der Waals surface area contributed by atoms with Crippen molar-refractivity contribution in [2.45, 2.75) is 30.5 Å². The van der Waals surface area contributed by atoms with Crippen LogP contribution in [0.1, 0.15) is 20.8 Å². The summed E-state index contributed by atoms with van der Waals surface area (Å²) < 4.78 is 25.4. The van der Waals surface area contributed by atoms with Crippen molar-refractivity contribution in [3.8, 4) is 0 Å². The Bertz CT molecular complexity index is 514. The zero-order valence-electron chi connectivity index (χ0n) is 9.77. The van der Waals surface area contributed by atoms with Gasteiger partial charge in [0.05, 0.1) is 0 Å². The Balaban J connectivity index is 2.78. The predicted octanol–water partition coefficient (Wildman–Crippen LogP) is 1.12. The summed E-state index contributed by atoms with van der Waals surface area (Å²) in [7, 11) is -3.83. The summed E-state index contributed by atoms with van der Waals surface area (Å²) >= 11 is 0.961. The van der Waals surface area contributed by atoms with Crippen molar-refractivity contribution in [1.82, 2.24) is 10.0 Å². The number of rotatable bonds is 2. The third-order valence-electron chi connectivity index (χ3n) is 1.58. The molecule has 1 heterocycles. The summed E-state index contributed by atoms with van der Waals surface area (Å²) in [6, 6.07) is 0.543. The van der Waals surface area contributed by atoms with Crippen LogP contribution >= 0.6 is 11.3 Å². The number of amides is 2. The van der Waals surface area contributed by atoms with Crippen molar-refractivity contribution in [3.05, 3.63) is 11.4 Å². The van der Waals surface area contributed by atoms with E-state index in [2.05, 4.69) is 5.32 Å². The lowest BCUT2D eigenvalue weighted by molar-refractivity contribution is 0.237. The van der Waals surface area contributed by atoms with Crippen LogP contribution in [0.4, 0.5) is 10.5 Å². The van der Waals surface area contributed by atoms with E-state index in [1.54, 1.807) is 20.8 Å². The van der Waals surface area contributed by atoms with E-state index in [9.17, 15) is 13.2 Å². The third kappa shape index (κ3) is 4.23. The van der Waals surface area contributed by atoms with Crippen molar-refractivity contribution in [2.75, 3.05) is 5.73 Å². The minimum absolute atomic E-state index is 0.0130. The second kappa shape index (κ2) is 4.53. The molecule has 0 aliphatic heterocycles. The van der Waals surface area contributed by atoms with E-state index in [4.69, 9.17) is 5.73 Å². The SMILES string of the molecule is CC(C)(C)NC(=O)NS(=O)(=O)c1cc(N)cs1. The molecule has 0 aromatic carbocycles. The molecule has 0 fully saturated rings. The van der Waals surface area contributed by atoms with E-state index < -0.39 is 21.6 Å². The molecule has 1 rings (SSSR count). The summed E-state index contributed by atoms with van der Waals surface area (Å²) in [6.07, 6.45) is 0. The molecule has 0 saturated heterocycles. The van der Waals surface area contributed by atoms with Crippen molar-refractivity contribution in [3.63, 3.8) is 0 Å². The predicted molar refractivity (Wildman–Crippen MR) is 67.3 cm³/mol. The number of anilines is 1. The molecule has 1 aromatic rings. The van der Waals surface area contributed by atoms with Crippen LogP contribution in [0.25, 0.3) is 0 Å². The highest BCUT2D eigenvalue weighted by molar-refractivity contribution is 7.92. The number of carbonyl (C=O) groups excluding carboxylic acids is 1. The van der Waals surface area contributed by atoms with Gasteiger partial charge >= 0.3 is 6.03 Å². The van der Waals surface area contributed by atoms with Gasteiger partial charge in [0.15, 0.2) is 0 Å². The van der Waals surface area contributed by atoms with Crippen LogP contribution < -0.4 is 15.8 Å². The lowest BCUT2D eigenvalue weighted by atomic mass is 10.1. The number of urea groups is 1. The number of nitrogens with two attached hydrogens (primary N) is 1. The number of hydrogen-bond donors (Lipinski definition) is 3. The van der Waals surface area contributed by atoms with Gasteiger partial charge in [0.2, 0.25) is 0 Å². The molecule has 8 heteroatoms. The van der Waals surface area contributed by atoms with Crippen LogP contribution in [0.3, 0.4) is 0 Å². The van der Waals surface area contributed by atoms with Crippen molar-refractivity contribution in [2.24, 2.45) is 0 Å². The molecule has 6 nitrogen and oxygen atoms in total. The first-order valence-electron chi connectivity index (χ1n) is 4.79. The van der Waals surface area contributed by atoms with Crippen LogP contribution in [0.2, 0.25) is 0 Å². The number of nitrogen functional groups attached to an aromatic ring is 1. The van der Waals surface area contributed by atoms with Gasteiger partial charge in [-0.2, -0.15) is 0 Å². The van der Waals surface area contributed by atoms with Crippen LogP contribution in [0, 0.1) is 0 Å². The first-order valence-corrected chi connectivity index (χ1v) is 7.15. The highest BCUT2D eigenvalue weighted by Gasteiger charge is 2.22. The zero-order valence-corrected chi connectivity index (χ0v) is 11.4. The Morgan fingerprint density at radius 1 is 1.41 bits per heavy atom. The zero-order chi connectivity index (χ0) is 13.3. The normalized spacial score (nSPS) is 12.2. The molecule has 0 saturated carbocycles. The molecule has 0 aliphatic carbocycles. The van der Waals surface area contributed by atoms with Crippen LogP contribution in [0.15, 0.2) is 15.7 Å². The fourth-order valence-corrected chi connectivity index (χ4v) is 3.00. The number of hydrogen-bond acceptors (Lipinski definition) is 5. The van der Waals surface area contributed by atoms with Gasteiger partial charge in [-0.05, 0) is 26.8 Å². The van der Waals surface area contributed by atoms with Gasteiger partial charge < -0.3 is 11.1 Å². The van der Waals surface area contributed by atoms with E-state index in [-0.39, 0.29) is 4.21 Å². The van der Waals surface area contributed by atoms with Gasteiger partial charge in [0, 0.05) is 16.6 Å². The minimum Gasteiger partial charge on any atom is -0.398 e. The Kier molecular flexibility index (Phi) is 3.68. The first kappa shape index (κ1) is 13.8. The number of carbonyl (C=O) groups is 1. The van der Waals surface area contributed by atoms with Crippen molar-refractivity contribution >= 4 is 33.1 Å². The van der Waals surface area contributed by atoms with E-state index in [0.717, 1.165) is 11.3 Å². The first-order chi connectivity index (χ1) is 7.60. The van der Waals surface area contributed by atoms with Crippen molar-refractivity contribution < 1.29 is 13.2 Å². The Labute approximate surface area is 104 Å². The molecule has 0 bridgehead atoms. The molecule has 0 atom stereocenters. The molecule has 0 aliphatic rings. The fraction of sp³-hybridized carbons (Fsp3) is 0.444. The molecule has 17 heavy (non-hydrogen) atoms. The highest BCUT2D eigenvalue weighted by Crippen LogP contribution is 2.21. The molecule has 0 radical (unpaired) electrons. The van der Waals surface area contributed by atoms with E-state index in [1.165, 1.54) is 11.4 Å². The number of nitrogens with one attached hydrogen (secondary N) is 2. The second-order valence-electron chi connectivity index (χ2n) is 4.51. The molecular weight excluding hydrogens is 262 g/mol. The maximum Gasteiger partial charge on any atom is 0.329 e. The average molecular weight is 277 g/mol. The maximum atomic E-state index is 11.7. The summed E-state index contributed by atoms with van der Waals surface area (Å²) in [5.74, 6) is 0. The van der Waals surface area contributed by atoms with E-state index in [0.29, 0.717) is 5.69 Å². The van der Waals surface area contributed by atoms with Gasteiger partial charge in [-0.1, -0.05) is 0 Å². The van der Waals surface area contributed by atoms with Crippen molar-refractivity contribution in [1.29, 1.82) is 0 Å². The second-order valence-corrected chi connectivity index (χ2v) is 7.33. The molecule has 0 spiro atoms. The standard InChI is InChI=1S/C9H15N3O3S2/c1-9(2,3)11-8(13)12-17(14,15)7-4-6(10)5-16-7/h4-5H,10H2,1-3H3,(H2,11,12,13). The molecule has 4 N–H and O–H groups in total. The Morgan fingerprint density at radius 3 is 2.41 bits per heavy atom. The van der Waals surface area contributed by atoms with Gasteiger partial charge in [-0.15, -0.1) is 11.3 Å². The molecule has 2 amide bonds. The third-order valence-corrected chi connectivity index (χ3v) is 4.36. The fourth-order valence-electron chi connectivity index (χ4n) is 1.01. The summed E-state index contributed by atoms with van der Waals surface area (Å²) in [5.41, 5.74) is 5.27. The maximum absolute atomic E-state index is 11.7. The summed E-state index contributed by atoms with van der Waals surface area (Å²) in [4.78, 5) is 11.4.